The Hall–Kier alpha value is -2.33. The molecule has 4 nitrogen and oxygen atoms in total. The topological polar surface area (TPSA) is 72.2 Å². The minimum atomic E-state index is -0.504. The van der Waals surface area contributed by atoms with Crippen molar-refractivity contribution in [3.63, 3.8) is 0 Å². The number of carbonyl (C=O) groups is 2. The molecule has 1 fully saturated rings. The lowest BCUT2D eigenvalue weighted by Crippen LogP contribution is -2.26. The number of nitrogens with one attached hydrogen (secondary N) is 1. The van der Waals surface area contributed by atoms with Gasteiger partial charge in [-0.25, -0.2) is 0 Å². The molecule has 1 aliphatic carbocycles. The Kier molecular flexibility index (Phi) is 3.86. The summed E-state index contributed by atoms with van der Waals surface area (Å²) in [5.74, 6) is -0.340. The molecule has 2 aromatic rings. The van der Waals surface area contributed by atoms with Crippen LogP contribution in [0, 0.1) is 0 Å². The first-order valence-electron chi connectivity index (χ1n) is 7.01. The second-order valence-electron chi connectivity index (χ2n) is 5.42. The summed E-state index contributed by atoms with van der Waals surface area (Å²) in [6.45, 7) is 0. The van der Waals surface area contributed by atoms with Gasteiger partial charge in [-0.3, -0.25) is 9.59 Å². The largest absolute Gasteiger partial charge is 0.366 e. The van der Waals surface area contributed by atoms with E-state index in [-0.39, 0.29) is 11.9 Å². The molecule has 2 atom stereocenters. The van der Waals surface area contributed by atoms with Gasteiger partial charge in [0.05, 0.1) is 0 Å². The number of benzene rings is 2. The van der Waals surface area contributed by atoms with Gasteiger partial charge in [-0.15, -0.1) is 0 Å². The molecule has 0 aliphatic heterocycles. The summed E-state index contributed by atoms with van der Waals surface area (Å²) in [6.07, 6.45) is 0.908. The molecule has 2 aromatic carbocycles. The van der Waals surface area contributed by atoms with Crippen molar-refractivity contribution in [2.24, 2.45) is 5.73 Å². The van der Waals surface area contributed by atoms with E-state index in [2.05, 4.69) is 5.32 Å². The van der Waals surface area contributed by atoms with E-state index in [1.807, 2.05) is 24.3 Å². The first kappa shape index (κ1) is 14.6. The van der Waals surface area contributed by atoms with E-state index in [0.717, 1.165) is 12.0 Å². The third-order valence-electron chi connectivity index (χ3n) is 3.82. The fraction of sp³-hybridized carbons (Fsp3) is 0.176. The molecule has 0 aromatic heterocycles. The van der Waals surface area contributed by atoms with Gasteiger partial charge in [-0.05, 0) is 48.4 Å². The highest BCUT2D eigenvalue weighted by Gasteiger charge is 2.39. The van der Waals surface area contributed by atoms with Gasteiger partial charge in [-0.1, -0.05) is 23.7 Å². The van der Waals surface area contributed by atoms with Crippen LogP contribution in [0.5, 0.6) is 0 Å². The predicted molar refractivity (Wildman–Crippen MR) is 85.0 cm³/mol. The molecule has 0 radical (unpaired) electrons. The Morgan fingerprint density at radius 2 is 1.77 bits per heavy atom. The second kappa shape index (κ2) is 5.81. The lowest BCUT2D eigenvalue weighted by molar-refractivity contribution is 0.0947. The van der Waals surface area contributed by atoms with Gasteiger partial charge >= 0.3 is 0 Å². The standard InChI is InChI=1S/C17H15ClN2O2/c18-13-3-1-2-12(8-13)14-9-15(14)20-17(22)11-6-4-10(5-7-11)16(19)21/h1-8,14-15H,9H2,(H2,19,21)(H,20,22)/t14-,15-/m0/s1. The molecule has 112 valence electrons. The summed E-state index contributed by atoms with van der Waals surface area (Å²) in [5.41, 5.74) is 7.22. The van der Waals surface area contributed by atoms with Crippen LogP contribution in [0.25, 0.3) is 0 Å². The lowest BCUT2D eigenvalue weighted by atomic mass is 10.1. The van der Waals surface area contributed by atoms with Gasteiger partial charge in [0.25, 0.3) is 5.91 Å². The summed E-state index contributed by atoms with van der Waals surface area (Å²) < 4.78 is 0. The Labute approximate surface area is 133 Å². The molecule has 0 unspecified atom stereocenters. The van der Waals surface area contributed by atoms with Crippen molar-refractivity contribution in [3.05, 3.63) is 70.2 Å². The SMILES string of the molecule is NC(=O)c1ccc(C(=O)N[C@H]2C[C@H]2c2cccc(Cl)c2)cc1. The Morgan fingerprint density at radius 3 is 2.41 bits per heavy atom. The highest BCUT2D eigenvalue weighted by Crippen LogP contribution is 2.41. The number of primary amides is 1. The van der Waals surface area contributed by atoms with Crippen LogP contribution < -0.4 is 11.1 Å². The average Bonchev–Trinajstić information content (AvgIpc) is 3.26. The van der Waals surface area contributed by atoms with E-state index < -0.39 is 5.91 Å². The molecular formula is C17H15ClN2O2. The summed E-state index contributed by atoms with van der Waals surface area (Å²) in [6, 6.07) is 14.1. The average molecular weight is 315 g/mol. The van der Waals surface area contributed by atoms with Crippen LogP contribution >= 0.6 is 11.6 Å². The Morgan fingerprint density at radius 1 is 1.09 bits per heavy atom. The van der Waals surface area contributed by atoms with Crippen molar-refractivity contribution in [2.45, 2.75) is 18.4 Å². The maximum atomic E-state index is 12.2. The molecule has 0 heterocycles. The summed E-state index contributed by atoms with van der Waals surface area (Å²) in [5, 5.41) is 3.69. The maximum Gasteiger partial charge on any atom is 0.251 e. The Balaban J connectivity index is 1.62. The first-order chi connectivity index (χ1) is 10.5. The van der Waals surface area contributed by atoms with E-state index >= 15 is 0 Å². The van der Waals surface area contributed by atoms with Crippen LogP contribution in [-0.4, -0.2) is 17.9 Å². The van der Waals surface area contributed by atoms with Gasteiger partial charge in [-0.2, -0.15) is 0 Å². The smallest absolute Gasteiger partial charge is 0.251 e. The number of amides is 2. The molecule has 1 aliphatic rings. The van der Waals surface area contributed by atoms with E-state index in [0.29, 0.717) is 22.1 Å². The van der Waals surface area contributed by atoms with Crippen molar-refractivity contribution in [1.82, 2.24) is 5.32 Å². The van der Waals surface area contributed by atoms with Crippen LogP contribution in [0.2, 0.25) is 5.02 Å². The number of hydrogen-bond donors (Lipinski definition) is 2. The highest BCUT2D eigenvalue weighted by atomic mass is 35.5. The van der Waals surface area contributed by atoms with Gasteiger partial charge in [0, 0.05) is 28.1 Å². The number of halogens is 1. The fourth-order valence-corrected chi connectivity index (χ4v) is 2.70. The number of carbonyl (C=O) groups excluding carboxylic acids is 2. The summed E-state index contributed by atoms with van der Waals surface area (Å²) in [7, 11) is 0. The number of rotatable bonds is 4. The zero-order valence-electron chi connectivity index (χ0n) is 11.8. The first-order valence-corrected chi connectivity index (χ1v) is 7.38. The minimum absolute atomic E-state index is 0.127. The van der Waals surface area contributed by atoms with Gasteiger partial charge in [0.1, 0.15) is 0 Å². The molecule has 3 rings (SSSR count). The van der Waals surface area contributed by atoms with E-state index in [9.17, 15) is 9.59 Å². The molecule has 0 saturated heterocycles. The molecule has 3 N–H and O–H groups in total. The molecular weight excluding hydrogens is 300 g/mol. The van der Waals surface area contributed by atoms with E-state index in [1.54, 1.807) is 24.3 Å². The molecule has 5 heteroatoms. The zero-order valence-corrected chi connectivity index (χ0v) is 12.5. The summed E-state index contributed by atoms with van der Waals surface area (Å²) in [4.78, 5) is 23.2. The van der Waals surface area contributed by atoms with Crippen molar-refractivity contribution >= 4 is 23.4 Å². The van der Waals surface area contributed by atoms with Gasteiger partial charge < -0.3 is 11.1 Å². The van der Waals surface area contributed by atoms with Crippen LogP contribution in [-0.2, 0) is 0 Å². The fourth-order valence-electron chi connectivity index (χ4n) is 2.50. The van der Waals surface area contributed by atoms with Crippen LogP contribution in [0.1, 0.15) is 38.6 Å². The van der Waals surface area contributed by atoms with Crippen molar-refractivity contribution in [1.29, 1.82) is 0 Å². The van der Waals surface area contributed by atoms with Crippen molar-refractivity contribution < 1.29 is 9.59 Å². The zero-order chi connectivity index (χ0) is 15.7. The lowest BCUT2D eigenvalue weighted by Gasteiger charge is -2.06. The second-order valence-corrected chi connectivity index (χ2v) is 5.86. The number of nitrogens with two attached hydrogens (primary N) is 1. The van der Waals surface area contributed by atoms with E-state index in [4.69, 9.17) is 17.3 Å². The normalized spacial score (nSPS) is 19.5. The monoisotopic (exact) mass is 314 g/mol. The quantitative estimate of drug-likeness (QED) is 0.910. The highest BCUT2D eigenvalue weighted by molar-refractivity contribution is 6.30. The minimum Gasteiger partial charge on any atom is -0.366 e. The molecule has 0 bridgehead atoms. The van der Waals surface area contributed by atoms with E-state index in [1.165, 1.54) is 0 Å². The predicted octanol–water partition coefficient (Wildman–Crippen LogP) is 2.72. The maximum absolute atomic E-state index is 12.2. The van der Waals surface area contributed by atoms with Gasteiger partial charge in [0.2, 0.25) is 5.91 Å². The van der Waals surface area contributed by atoms with Crippen LogP contribution in [0.4, 0.5) is 0 Å². The van der Waals surface area contributed by atoms with Crippen LogP contribution in [0.3, 0.4) is 0 Å². The van der Waals surface area contributed by atoms with Crippen LogP contribution in [0.15, 0.2) is 48.5 Å². The van der Waals surface area contributed by atoms with Crippen molar-refractivity contribution in [3.8, 4) is 0 Å². The molecule has 22 heavy (non-hydrogen) atoms. The van der Waals surface area contributed by atoms with Crippen molar-refractivity contribution in [2.75, 3.05) is 0 Å². The molecule has 2 amide bonds. The number of hydrogen-bond acceptors (Lipinski definition) is 2. The third-order valence-corrected chi connectivity index (χ3v) is 4.05. The Bertz CT molecular complexity index is 728. The molecule has 1 saturated carbocycles. The summed E-state index contributed by atoms with van der Waals surface area (Å²) >= 11 is 5.98. The third kappa shape index (κ3) is 3.12. The van der Waals surface area contributed by atoms with Gasteiger partial charge in [0.15, 0.2) is 0 Å². The molecule has 0 spiro atoms.